The normalized spacial score (nSPS) is 16.4. The van der Waals surface area contributed by atoms with E-state index in [0.717, 1.165) is 24.0 Å². The van der Waals surface area contributed by atoms with Gasteiger partial charge in [-0.2, -0.15) is 0 Å². The first kappa shape index (κ1) is 25.5. The van der Waals surface area contributed by atoms with E-state index in [1.165, 1.54) is 11.1 Å². The number of aliphatic carboxylic acids is 1. The third-order valence-electron chi connectivity index (χ3n) is 6.94. The number of carboxylic acids is 1. The number of para-hydroxylation sites is 1. The van der Waals surface area contributed by atoms with Crippen molar-refractivity contribution in [1.82, 2.24) is 10.2 Å². The molecule has 1 unspecified atom stereocenters. The third-order valence-corrected chi connectivity index (χ3v) is 6.94. The van der Waals surface area contributed by atoms with Gasteiger partial charge in [-0.25, -0.2) is 0 Å². The van der Waals surface area contributed by atoms with Gasteiger partial charge in [-0.15, -0.1) is 0 Å². The summed E-state index contributed by atoms with van der Waals surface area (Å²) in [5.41, 5.74) is 5.05. The van der Waals surface area contributed by atoms with Crippen molar-refractivity contribution in [3.63, 3.8) is 0 Å². The minimum absolute atomic E-state index is 0.0410. The van der Waals surface area contributed by atoms with E-state index < -0.39 is 12.0 Å². The molecular formula is C30H34N2O4. The predicted octanol–water partition coefficient (Wildman–Crippen LogP) is 4.81. The van der Waals surface area contributed by atoms with Gasteiger partial charge in [0, 0.05) is 19.6 Å². The summed E-state index contributed by atoms with van der Waals surface area (Å²) in [7, 11) is 1.57. The smallest absolute Gasteiger partial charge is 0.321 e. The Kier molecular flexibility index (Phi) is 8.39. The van der Waals surface area contributed by atoms with Crippen molar-refractivity contribution in [1.29, 1.82) is 0 Å². The molecule has 0 spiro atoms. The molecule has 188 valence electrons. The molecule has 6 heteroatoms. The molecule has 36 heavy (non-hydrogen) atoms. The van der Waals surface area contributed by atoms with Gasteiger partial charge >= 0.3 is 5.97 Å². The number of likely N-dealkylation sites (tertiary alicyclic amines) is 1. The van der Waals surface area contributed by atoms with Gasteiger partial charge < -0.3 is 20.1 Å². The van der Waals surface area contributed by atoms with E-state index in [2.05, 4.69) is 36.5 Å². The number of carbonyl (C=O) groups excluding carboxylic acids is 1. The molecule has 0 aromatic heterocycles. The summed E-state index contributed by atoms with van der Waals surface area (Å²) >= 11 is 0. The van der Waals surface area contributed by atoms with Crippen LogP contribution >= 0.6 is 0 Å². The van der Waals surface area contributed by atoms with Crippen LogP contribution in [0, 0.1) is 12.8 Å². The second kappa shape index (κ2) is 11.9. The fourth-order valence-corrected chi connectivity index (χ4v) is 4.92. The average molecular weight is 487 g/mol. The second-order valence-corrected chi connectivity index (χ2v) is 9.47. The molecular weight excluding hydrogens is 452 g/mol. The third kappa shape index (κ3) is 6.13. The topological polar surface area (TPSA) is 78.9 Å². The number of aryl methyl sites for hydroxylation is 1. The monoisotopic (exact) mass is 486 g/mol. The lowest BCUT2D eigenvalue weighted by molar-refractivity contribution is -0.139. The Bertz CT molecular complexity index is 1190. The maximum absolute atomic E-state index is 13.1. The molecule has 0 bridgehead atoms. The van der Waals surface area contributed by atoms with Crippen LogP contribution in [0.2, 0.25) is 0 Å². The molecule has 1 aliphatic heterocycles. The summed E-state index contributed by atoms with van der Waals surface area (Å²) < 4.78 is 5.36. The van der Waals surface area contributed by atoms with Crippen LogP contribution in [0.4, 0.5) is 0 Å². The molecule has 6 nitrogen and oxygen atoms in total. The van der Waals surface area contributed by atoms with Crippen LogP contribution < -0.4 is 10.1 Å². The van der Waals surface area contributed by atoms with Crippen LogP contribution in [0.15, 0.2) is 72.8 Å². The second-order valence-electron chi connectivity index (χ2n) is 9.47. The fraction of sp³-hybridized carbons (Fsp3) is 0.333. The Hall–Kier alpha value is -3.64. The number of benzene rings is 3. The van der Waals surface area contributed by atoms with Crippen molar-refractivity contribution in [2.24, 2.45) is 5.92 Å². The molecule has 4 rings (SSSR count). The highest BCUT2D eigenvalue weighted by atomic mass is 16.5. The lowest BCUT2D eigenvalue weighted by Gasteiger charge is -2.33. The first-order chi connectivity index (χ1) is 17.5. The number of nitrogens with zero attached hydrogens (tertiary/aromatic N) is 1. The number of hydrogen-bond donors (Lipinski definition) is 2. The number of nitrogens with one attached hydrogen (secondary N) is 1. The van der Waals surface area contributed by atoms with Crippen molar-refractivity contribution in [2.75, 3.05) is 26.7 Å². The summed E-state index contributed by atoms with van der Waals surface area (Å²) in [5.74, 6) is -0.138. The zero-order valence-electron chi connectivity index (χ0n) is 20.9. The van der Waals surface area contributed by atoms with E-state index in [1.54, 1.807) is 19.2 Å². The Morgan fingerprint density at radius 2 is 1.78 bits per heavy atom. The maximum Gasteiger partial charge on any atom is 0.321 e. The van der Waals surface area contributed by atoms with Crippen molar-refractivity contribution in [3.8, 4) is 16.9 Å². The largest absolute Gasteiger partial charge is 0.496 e. The Morgan fingerprint density at radius 1 is 1.06 bits per heavy atom. The van der Waals surface area contributed by atoms with Crippen LogP contribution in [-0.4, -0.2) is 54.7 Å². The van der Waals surface area contributed by atoms with Crippen LogP contribution in [0.5, 0.6) is 5.75 Å². The van der Waals surface area contributed by atoms with E-state index in [-0.39, 0.29) is 11.8 Å². The van der Waals surface area contributed by atoms with E-state index in [1.807, 2.05) is 41.3 Å². The summed E-state index contributed by atoms with van der Waals surface area (Å²) in [6.45, 7) is 3.93. The number of carboxylic acid groups (broad SMARTS) is 1. The van der Waals surface area contributed by atoms with Gasteiger partial charge in [-0.1, -0.05) is 60.7 Å². The van der Waals surface area contributed by atoms with Crippen LogP contribution in [0.3, 0.4) is 0 Å². The minimum atomic E-state index is -0.865. The predicted molar refractivity (Wildman–Crippen MR) is 141 cm³/mol. The summed E-state index contributed by atoms with van der Waals surface area (Å²) in [5, 5.41) is 13.1. The van der Waals surface area contributed by atoms with Gasteiger partial charge in [0.15, 0.2) is 0 Å². The Balaban J connectivity index is 1.35. The number of ether oxygens (including phenoxy) is 1. The molecule has 1 saturated heterocycles. The van der Waals surface area contributed by atoms with Gasteiger partial charge in [0.25, 0.3) is 5.91 Å². The molecule has 1 heterocycles. The van der Waals surface area contributed by atoms with Gasteiger partial charge in [0.1, 0.15) is 11.8 Å². The molecule has 1 fully saturated rings. The number of carbonyl (C=O) groups is 2. The first-order valence-corrected chi connectivity index (χ1v) is 12.5. The standard InChI is InChI=1S/C30H34N2O4/c1-21-8-3-4-10-25(21)24-15-13-22(14-16-24)18-27(30(34)35)31-19-23-9-7-17-32(20-23)29(33)26-11-5-6-12-28(26)36-2/h3-6,8,10-16,23,27,31H,7,9,17-20H2,1-2H3,(H,34,35)/t23?,27-/m0/s1. The van der Waals surface area contributed by atoms with Crippen molar-refractivity contribution in [2.45, 2.75) is 32.2 Å². The molecule has 0 radical (unpaired) electrons. The lowest BCUT2D eigenvalue weighted by atomic mass is 9.95. The molecule has 0 saturated carbocycles. The number of piperidine rings is 1. The SMILES string of the molecule is COc1ccccc1C(=O)N1CCCC(CN[C@@H](Cc2ccc(-c3ccccc3C)cc2)C(=O)O)C1. The minimum Gasteiger partial charge on any atom is -0.496 e. The van der Waals surface area contributed by atoms with Crippen LogP contribution in [0.25, 0.3) is 11.1 Å². The van der Waals surface area contributed by atoms with Gasteiger partial charge in [0.2, 0.25) is 0 Å². The molecule has 1 amide bonds. The van der Waals surface area contributed by atoms with Crippen LogP contribution in [-0.2, 0) is 11.2 Å². The zero-order chi connectivity index (χ0) is 25.5. The first-order valence-electron chi connectivity index (χ1n) is 12.5. The fourth-order valence-electron chi connectivity index (χ4n) is 4.92. The summed E-state index contributed by atoms with van der Waals surface area (Å²) in [6.07, 6.45) is 2.26. The van der Waals surface area contributed by atoms with Crippen molar-refractivity contribution < 1.29 is 19.4 Å². The highest BCUT2D eigenvalue weighted by molar-refractivity contribution is 5.97. The van der Waals surface area contributed by atoms with E-state index in [9.17, 15) is 14.7 Å². The van der Waals surface area contributed by atoms with Gasteiger partial charge in [0.05, 0.1) is 12.7 Å². The highest BCUT2D eigenvalue weighted by Gasteiger charge is 2.27. The Morgan fingerprint density at radius 3 is 2.50 bits per heavy atom. The van der Waals surface area contributed by atoms with E-state index in [0.29, 0.717) is 37.4 Å². The summed E-state index contributed by atoms with van der Waals surface area (Å²) in [6, 6.07) is 22.9. The van der Waals surface area contributed by atoms with Crippen LogP contribution in [0.1, 0.15) is 34.3 Å². The number of hydrogen-bond acceptors (Lipinski definition) is 4. The molecule has 1 aliphatic rings. The molecule has 3 aromatic carbocycles. The quantitative estimate of drug-likeness (QED) is 0.454. The molecule has 2 N–H and O–H groups in total. The number of rotatable bonds is 9. The molecule has 2 atom stereocenters. The Labute approximate surface area is 212 Å². The lowest BCUT2D eigenvalue weighted by Crippen LogP contribution is -2.46. The number of amides is 1. The number of methoxy groups -OCH3 is 1. The molecule has 0 aliphatic carbocycles. The van der Waals surface area contributed by atoms with E-state index >= 15 is 0 Å². The van der Waals surface area contributed by atoms with Gasteiger partial charge in [-0.05, 0) is 66.5 Å². The summed E-state index contributed by atoms with van der Waals surface area (Å²) in [4.78, 5) is 26.9. The van der Waals surface area contributed by atoms with Crippen molar-refractivity contribution >= 4 is 11.9 Å². The average Bonchev–Trinajstić information content (AvgIpc) is 2.91. The zero-order valence-corrected chi connectivity index (χ0v) is 20.9. The van der Waals surface area contributed by atoms with E-state index in [4.69, 9.17) is 4.74 Å². The van der Waals surface area contributed by atoms with Gasteiger partial charge in [-0.3, -0.25) is 9.59 Å². The highest BCUT2D eigenvalue weighted by Crippen LogP contribution is 2.25. The maximum atomic E-state index is 13.1. The van der Waals surface area contributed by atoms with Crippen molar-refractivity contribution in [3.05, 3.63) is 89.5 Å². The molecule has 3 aromatic rings.